The molecule has 3 rings (SSSR count). The fraction of sp³-hybridized carbons (Fsp3) is 0.409. The van der Waals surface area contributed by atoms with Crippen LogP contribution in [0.4, 0.5) is 10.5 Å². The fourth-order valence-electron chi connectivity index (χ4n) is 3.38. The van der Waals surface area contributed by atoms with E-state index in [0.29, 0.717) is 24.7 Å². The van der Waals surface area contributed by atoms with E-state index in [2.05, 4.69) is 20.5 Å². The van der Waals surface area contributed by atoms with Gasteiger partial charge < -0.3 is 20.4 Å². The van der Waals surface area contributed by atoms with E-state index in [1.165, 1.54) is 0 Å². The van der Waals surface area contributed by atoms with Crippen LogP contribution in [0.2, 0.25) is 5.02 Å². The minimum atomic E-state index is -0.594. The first-order chi connectivity index (χ1) is 14.4. The van der Waals surface area contributed by atoms with Gasteiger partial charge in [-0.05, 0) is 41.8 Å². The predicted molar refractivity (Wildman–Crippen MR) is 118 cm³/mol. The Morgan fingerprint density at radius 1 is 1.10 bits per heavy atom. The van der Waals surface area contributed by atoms with Crippen molar-refractivity contribution in [3.63, 3.8) is 0 Å². The molecule has 0 spiro atoms. The fourth-order valence-corrected chi connectivity index (χ4v) is 3.51. The van der Waals surface area contributed by atoms with Crippen LogP contribution < -0.4 is 15.5 Å². The van der Waals surface area contributed by atoms with Crippen LogP contribution in [0.3, 0.4) is 0 Å². The average molecular weight is 430 g/mol. The van der Waals surface area contributed by atoms with Gasteiger partial charge >= 0.3 is 6.03 Å². The quantitative estimate of drug-likeness (QED) is 0.740. The molecule has 1 atom stereocenters. The topological polar surface area (TPSA) is 77.6 Å². The van der Waals surface area contributed by atoms with Gasteiger partial charge in [0.25, 0.3) is 0 Å². The Hall–Kier alpha value is -2.80. The number of anilines is 1. The summed E-state index contributed by atoms with van der Waals surface area (Å²) in [6.07, 6.45) is 3.40. The molecule has 8 heteroatoms. The molecule has 30 heavy (non-hydrogen) atoms. The van der Waals surface area contributed by atoms with Gasteiger partial charge in [0.2, 0.25) is 5.91 Å². The molecule has 1 aliphatic rings. The van der Waals surface area contributed by atoms with Crippen LogP contribution in [0, 0.1) is 5.92 Å². The lowest BCUT2D eigenvalue weighted by molar-refractivity contribution is -0.124. The molecule has 0 aliphatic carbocycles. The molecule has 2 heterocycles. The Balaban J connectivity index is 1.51. The summed E-state index contributed by atoms with van der Waals surface area (Å²) >= 11 is 5.96. The third-order valence-corrected chi connectivity index (χ3v) is 5.43. The number of nitrogens with zero attached hydrogens (tertiary/aromatic N) is 3. The van der Waals surface area contributed by atoms with E-state index < -0.39 is 6.04 Å². The van der Waals surface area contributed by atoms with Crippen molar-refractivity contribution in [2.45, 2.75) is 26.4 Å². The maximum absolute atomic E-state index is 12.8. The van der Waals surface area contributed by atoms with E-state index in [-0.39, 0.29) is 17.9 Å². The molecule has 0 radical (unpaired) electrons. The van der Waals surface area contributed by atoms with E-state index in [1.54, 1.807) is 17.3 Å². The van der Waals surface area contributed by atoms with Gasteiger partial charge in [-0.15, -0.1) is 0 Å². The minimum Gasteiger partial charge on any atom is -0.368 e. The molecular formula is C22H28ClN5O2. The van der Waals surface area contributed by atoms with Crippen molar-refractivity contribution < 1.29 is 9.59 Å². The van der Waals surface area contributed by atoms with E-state index >= 15 is 0 Å². The van der Waals surface area contributed by atoms with Gasteiger partial charge in [0, 0.05) is 55.8 Å². The molecule has 1 aromatic carbocycles. The van der Waals surface area contributed by atoms with Crippen LogP contribution in [0.5, 0.6) is 0 Å². The van der Waals surface area contributed by atoms with Gasteiger partial charge in [-0.25, -0.2) is 4.79 Å². The van der Waals surface area contributed by atoms with Crippen LogP contribution in [0.1, 0.15) is 19.4 Å². The summed E-state index contributed by atoms with van der Waals surface area (Å²) in [5.41, 5.74) is 2.01. The van der Waals surface area contributed by atoms with Gasteiger partial charge in [0.15, 0.2) is 0 Å². The lowest BCUT2D eigenvalue weighted by Crippen LogP contribution is -2.57. The van der Waals surface area contributed by atoms with E-state index in [1.807, 2.05) is 50.2 Å². The number of hydrogen-bond acceptors (Lipinski definition) is 4. The molecule has 1 fully saturated rings. The first-order valence-corrected chi connectivity index (χ1v) is 10.5. The summed E-state index contributed by atoms with van der Waals surface area (Å²) < 4.78 is 0. The minimum absolute atomic E-state index is 0.0294. The van der Waals surface area contributed by atoms with Crippen molar-refractivity contribution in [3.05, 3.63) is 59.4 Å². The van der Waals surface area contributed by atoms with Gasteiger partial charge in [-0.1, -0.05) is 31.5 Å². The molecule has 1 saturated heterocycles. The highest BCUT2D eigenvalue weighted by Crippen LogP contribution is 2.19. The highest BCUT2D eigenvalue weighted by molar-refractivity contribution is 6.30. The second-order valence-electron chi connectivity index (χ2n) is 7.70. The van der Waals surface area contributed by atoms with Crippen LogP contribution >= 0.6 is 11.6 Å². The number of piperazine rings is 1. The number of urea groups is 1. The largest absolute Gasteiger partial charge is 0.368 e. The number of pyridine rings is 1. The Bertz CT molecular complexity index is 836. The van der Waals surface area contributed by atoms with Crippen LogP contribution in [-0.4, -0.2) is 54.0 Å². The van der Waals surface area contributed by atoms with Crippen molar-refractivity contribution >= 4 is 29.2 Å². The zero-order valence-corrected chi connectivity index (χ0v) is 18.1. The van der Waals surface area contributed by atoms with Crippen molar-refractivity contribution in [1.82, 2.24) is 20.5 Å². The van der Waals surface area contributed by atoms with Crippen molar-refractivity contribution in [2.24, 2.45) is 5.92 Å². The molecule has 160 valence electrons. The normalized spacial score (nSPS) is 15.1. The molecule has 2 aromatic rings. The number of carbonyl (C=O) groups is 2. The van der Waals surface area contributed by atoms with Gasteiger partial charge in [-0.3, -0.25) is 9.78 Å². The summed E-state index contributed by atoms with van der Waals surface area (Å²) in [4.78, 5) is 33.5. The number of nitrogens with one attached hydrogen (secondary N) is 2. The number of halogens is 1. The molecule has 0 saturated carbocycles. The number of amides is 3. The van der Waals surface area contributed by atoms with E-state index in [4.69, 9.17) is 11.6 Å². The zero-order chi connectivity index (χ0) is 21.5. The highest BCUT2D eigenvalue weighted by Gasteiger charge is 2.28. The van der Waals surface area contributed by atoms with Crippen LogP contribution in [-0.2, 0) is 11.3 Å². The summed E-state index contributed by atoms with van der Waals surface area (Å²) in [6.45, 7) is 6.88. The number of hydrogen-bond donors (Lipinski definition) is 2. The maximum Gasteiger partial charge on any atom is 0.318 e. The van der Waals surface area contributed by atoms with E-state index in [9.17, 15) is 9.59 Å². The molecule has 7 nitrogen and oxygen atoms in total. The second kappa shape index (κ2) is 10.3. The maximum atomic E-state index is 12.8. The Morgan fingerprint density at radius 3 is 2.40 bits per heavy atom. The molecule has 0 unspecified atom stereocenters. The summed E-state index contributed by atoms with van der Waals surface area (Å²) in [5, 5.41) is 6.50. The third-order valence-electron chi connectivity index (χ3n) is 5.18. The molecular weight excluding hydrogens is 402 g/mol. The predicted octanol–water partition coefficient (Wildman–Crippen LogP) is 2.91. The Labute approximate surface area is 182 Å². The Morgan fingerprint density at radius 2 is 1.80 bits per heavy atom. The number of carbonyl (C=O) groups excluding carboxylic acids is 2. The van der Waals surface area contributed by atoms with Crippen LogP contribution in [0.25, 0.3) is 0 Å². The smallest absolute Gasteiger partial charge is 0.318 e. The second-order valence-corrected chi connectivity index (χ2v) is 8.14. The average Bonchev–Trinajstić information content (AvgIpc) is 2.77. The monoisotopic (exact) mass is 429 g/mol. The number of rotatable bonds is 6. The first kappa shape index (κ1) is 21.9. The standard InChI is InChI=1S/C22H28ClN5O2/c1-16(2)20(21(29)25-15-17-4-3-9-24-14-17)26-22(30)28-12-10-27(11-13-28)19-7-5-18(23)6-8-19/h3-9,14,16,20H,10-13,15H2,1-2H3,(H,25,29)(H,26,30)/t20-/m1/s1. The van der Waals surface area contributed by atoms with Gasteiger partial charge in [0.05, 0.1) is 0 Å². The summed E-state index contributed by atoms with van der Waals surface area (Å²) in [6, 6.07) is 10.6. The molecule has 3 amide bonds. The Kier molecular flexibility index (Phi) is 7.52. The van der Waals surface area contributed by atoms with Crippen LogP contribution in [0.15, 0.2) is 48.8 Å². The molecule has 1 aliphatic heterocycles. The van der Waals surface area contributed by atoms with E-state index in [0.717, 1.165) is 24.3 Å². The highest BCUT2D eigenvalue weighted by atomic mass is 35.5. The summed E-state index contributed by atoms with van der Waals surface area (Å²) in [7, 11) is 0. The van der Waals surface area contributed by atoms with Gasteiger partial charge in [0.1, 0.15) is 6.04 Å². The van der Waals surface area contributed by atoms with Crippen molar-refractivity contribution in [3.8, 4) is 0 Å². The molecule has 1 aromatic heterocycles. The van der Waals surface area contributed by atoms with Crippen molar-refractivity contribution in [1.29, 1.82) is 0 Å². The third kappa shape index (κ3) is 5.86. The summed E-state index contributed by atoms with van der Waals surface area (Å²) in [5.74, 6) is -0.222. The number of benzene rings is 1. The SMILES string of the molecule is CC(C)[C@@H](NC(=O)N1CCN(c2ccc(Cl)cc2)CC1)C(=O)NCc1cccnc1. The van der Waals surface area contributed by atoms with Gasteiger partial charge in [-0.2, -0.15) is 0 Å². The molecule has 0 bridgehead atoms. The first-order valence-electron chi connectivity index (χ1n) is 10.2. The van der Waals surface area contributed by atoms with Crippen molar-refractivity contribution in [2.75, 3.05) is 31.1 Å². The molecule has 2 N–H and O–H groups in total. The number of aromatic nitrogens is 1. The lowest BCUT2D eigenvalue weighted by atomic mass is 10.0. The lowest BCUT2D eigenvalue weighted by Gasteiger charge is -2.37. The zero-order valence-electron chi connectivity index (χ0n) is 17.3.